The molecule has 2 rings (SSSR count). The third-order valence-corrected chi connectivity index (χ3v) is 4.01. The third kappa shape index (κ3) is 3.48. The van der Waals surface area contributed by atoms with Crippen molar-refractivity contribution >= 4 is 27.7 Å². The molecule has 5 heteroatoms. The molecule has 1 heterocycles. The number of benzene rings is 1. The SMILES string of the molecule is CCc1nc(SC)[nH]c(=O)c1Cc1ccc(Br)cc1. The summed E-state index contributed by atoms with van der Waals surface area (Å²) in [6, 6.07) is 8.01. The van der Waals surface area contributed by atoms with E-state index in [0.717, 1.165) is 27.7 Å². The largest absolute Gasteiger partial charge is 0.301 e. The van der Waals surface area contributed by atoms with Crippen LogP contribution in [0.3, 0.4) is 0 Å². The van der Waals surface area contributed by atoms with E-state index in [9.17, 15) is 4.79 Å². The van der Waals surface area contributed by atoms with Crippen LogP contribution in [0.1, 0.15) is 23.7 Å². The van der Waals surface area contributed by atoms with E-state index >= 15 is 0 Å². The number of hydrogen-bond donors (Lipinski definition) is 1. The van der Waals surface area contributed by atoms with Crippen molar-refractivity contribution in [1.29, 1.82) is 0 Å². The molecule has 0 aliphatic carbocycles. The van der Waals surface area contributed by atoms with E-state index < -0.39 is 0 Å². The van der Waals surface area contributed by atoms with Gasteiger partial charge in [-0.05, 0) is 30.4 Å². The van der Waals surface area contributed by atoms with E-state index in [1.54, 1.807) is 0 Å². The Labute approximate surface area is 125 Å². The average Bonchev–Trinajstić information content (AvgIpc) is 2.43. The zero-order chi connectivity index (χ0) is 13.8. The molecule has 0 aliphatic rings. The lowest BCUT2D eigenvalue weighted by atomic mass is 10.0. The summed E-state index contributed by atoms with van der Waals surface area (Å²) in [6.45, 7) is 2.02. The minimum Gasteiger partial charge on any atom is -0.301 e. The minimum atomic E-state index is -0.0286. The maximum atomic E-state index is 12.1. The standard InChI is InChI=1S/C14H15BrN2OS/c1-3-12-11(13(18)17-14(16-12)19-2)8-9-4-6-10(15)7-5-9/h4-7H,3,8H2,1-2H3,(H,16,17,18). The van der Waals surface area contributed by atoms with Crippen molar-refractivity contribution in [3.05, 3.63) is 55.9 Å². The van der Waals surface area contributed by atoms with E-state index in [0.29, 0.717) is 11.6 Å². The highest BCUT2D eigenvalue weighted by molar-refractivity contribution is 9.10. The number of hydrogen-bond acceptors (Lipinski definition) is 3. The second kappa shape index (κ2) is 6.39. The van der Waals surface area contributed by atoms with Crippen LogP contribution < -0.4 is 5.56 Å². The highest BCUT2D eigenvalue weighted by Crippen LogP contribution is 2.15. The Morgan fingerprint density at radius 3 is 2.58 bits per heavy atom. The first kappa shape index (κ1) is 14.3. The first-order valence-electron chi connectivity index (χ1n) is 6.04. The van der Waals surface area contributed by atoms with Crippen LogP contribution in [0.5, 0.6) is 0 Å². The van der Waals surface area contributed by atoms with Crippen LogP contribution in [0.4, 0.5) is 0 Å². The number of aromatic nitrogens is 2. The van der Waals surface area contributed by atoms with Gasteiger partial charge in [-0.1, -0.05) is 46.7 Å². The lowest BCUT2D eigenvalue weighted by Crippen LogP contribution is -2.18. The molecule has 0 aliphatic heterocycles. The number of rotatable bonds is 4. The fraction of sp³-hybridized carbons (Fsp3) is 0.286. The molecule has 1 N–H and O–H groups in total. The van der Waals surface area contributed by atoms with Crippen LogP contribution in [0.25, 0.3) is 0 Å². The maximum absolute atomic E-state index is 12.1. The van der Waals surface area contributed by atoms with E-state index in [1.807, 2.05) is 37.4 Å². The first-order valence-corrected chi connectivity index (χ1v) is 8.06. The fourth-order valence-electron chi connectivity index (χ4n) is 1.90. The fourth-order valence-corrected chi connectivity index (χ4v) is 2.56. The Morgan fingerprint density at radius 1 is 1.32 bits per heavy atom. The molecule has 0 saturated carbocycles. The average molecular weight is 339 g/mol. The highest BCUT2D eigenvalue weighted by Gasteiger charge is 2.10. The number of H-pyrrole nitrogens is 1. The lowest BCUT2D eigenvalue weighted by Gasteiger charge is -2.08. The smallest absolute Gasteiger partial charge is 0.255 e. The van der Waals surface area contributed by atoms with Crippen LogP contribution in [-0.4, -0.2) is 16.2 Å². The van der Waals surface area contributed by atoms with E-state index in [-0.39, 0.29) is 5.56 Å². The van der Waals surface area contributed by atoms with Crippen molar-refractivity contribution in [3.63, 3.8) is 0 Å². The second-order valence-electron chi connectivity index (χ2n) is 4.16. The molecule has 0 atom stereocenters. The predicted octanol–water partition coefficient (Wildman–Crippen LogP) is 3.41. The Balaban J connectivity index is 2.39. The van der Waals surface area contributed by atoms with Crippen molar-refractivity contribution in [2.24, 2.45) is 0 Å². The Bertz CT molecular complexity index is 622. The summed E-state index contributed by atoms with van der Waals surface area (Å²) in [5.74, 6) is 0. The second-order valence-corrected chi connectivity index (χ2v) is 5.87. The first-order chi connectivity index (χ1) is 9.13. The molecule has 100 valence electrons. The van der Waals surface area contributed by atoms with Gasteiger partial charge in [-0.2, -0.15) is 0 Å². The van der Waals surface area contributed by atoms with Crippen LogP contribution >= 0.6 is 27.7 Å². The van der Waals surface area contributed by atoms with E-state index in [1.165, 1.54) is 11.8 Å². The molecule has 0 amide bonds. The Hall–Kier alpha value is -1.07. The molecule has 0 unspecified atom stereocenters. The molecule has 1 aromatic carbocycles. The number of aromatic amines is 1. The molecule has 0 fully saturated rings. The highest BCUT2D eigenvalue weighted by atomic mass is 79.9. The maximum Gasteiger partial charge on any atom is 0.255 e. The van der Waals surface area contributed by atoms with Gasteiger partial charge < -0.3 is 4.98 Å². The summed E-state index contributed by atoms with van der Waals surface area (Å²) in [5, 5.41) is 0.682. The number of nitrogens with one attached hydrogen (secondary N) is 1. The van der Waals surface area contributed by atoms with Gasteiger partial charge in [0.15, 0.2) is 5.16 Å². The quantitative estimate of drug-likeness (QED) is 0.686. The summed E-state index contributed by atoms with van der Waals surface area (Å²) in [7, 11) is 0. The summed E-state index contributed by atoms with van der Waals surface area (Å²) >= 11 is 4.87. The predicted molar refractivity (Wildman–Crippen MR) is 83.0 cm³/mol. The van der Waals surface area contributed by atoms with Gasteiger partial charge in [0.25, 0.3) is 5.56 Å². The number of nitrogens with zero attached hydrogens (tertiary/aromatic N) is 1. The van der Waals surface area contributed by atoms with Crippen LogP contribution in [0.15, 0.2) is 38.7 Å². The van der Waals surface area contributed by atoms with Crippen molar-refractivity contribution < 1.29 is 0 Å². The van der Waals surface area contributed by atoms with Crippen molar-refractivity contribution in [3.8, 4) is 0 Å². The molecule has 19 heavy (non-hydrogen) atoms. The normalized spacial score (nSPS) is 10.7. The Kier molecular flexibility index (Phi) is 4.82. The zero-order valence-corrected chi connectivity index (χ0v) is 13.3. The molecule has 0 bridgehead atoms. The Morgan fingerprint density at radius 2 is 2.00 bits per heavy atom. The van der Waals surface area contributed by atoms with Gasteiger partial charge in [0.2, 0.25) is 0 Å². The molecular formula is C14H15BrN2OS. The topological polar surface area (TPSA) is 45.8 Å². The zero-order valence-electron chi connectivity index (χ0n) is 10.9. The van der Waals surface area contributed by atoms with Gasteiger partial charge in [-0.25, -0.2) is 4.98 Å². The monoisotopic (exact) mass is 338 g/mol. The van der Waals surface area contributed by atoms with Gasteiger partial charge in [-0.15, -0.1) is 0 Å². The van der Waals surface area contributed by atoms with Crippen molar-refractivity contribution in [2.45, 2.75) is 24.9 Å². The molecule has 0 spiro atoms. The molecular weight excluding hydrogens is 324 g/mol. The summed E-state index contributed by atoms with van der Waals surface area (Å²) in [4.78, 5) is 19.4. The molecule has 0 saturated heterocycles. The number of thioether (sulfide) groups is 1. The van der Waals surface area contributed by atoms with Gasteiger partial charge in [0, 0.05) is 16.5 Å². The minimum absolute atomic E-state index is 0.0286. The van der Waals surface area contributed by atoms with Gasteiger partial charge in [-0.3, -0.25) is 4.79 Å². The molecule has 0 radical (unpaired) electrons. The summed E-state index contributed by atoms with van der Waals surface area (Å²) in [5.41, 5.74) is 2.74. The lowest BCUT2D eigenvalue weighted by molar-refractivity contribution is 0.833. The summed E-state index contributed by atoms with van der Waals surface area (Å²) < 4.78 is 1.04. The molecule has 1 aromatic heterocycles. The van der Waals surface area contributed by atoms with Gasteiger partial charge >= 0.3 is 0 Å². The van der Waals surface area contributed by atoms with Crippen molar-refractivity contribution in [1.82, 2.24) is 9.97 Å². The third-order valence-electron chi connectivity index (χ3n) is 2.90. The number of halogens is 1. The van der Waals surface area contributed by atoms with E-state index in [2.05, 4.69) is 25.9 Å². The van der Waals surface area contributed by atoms with Gasteiger partial charge in [0.05, 0.1) is 5.69 Å². The molecule has 2 aromatic rings. The van der Waals surface area contributed by atoms with Crippen LogP contribution in [0.2, 0.25) is 0 Å². The van der Waals surface area contributed by atoms with Crippen molar-refractivity contribution in [2.75, 3.05) is 6.26 Å². The molecule has 3 nitrogen and oxygen atoms in total. The van der Waals surface area contributed by atoms with Crippen LogP contribution in [0, 0.1) is 0 Å². The van der Waals surface area contributed by atoms with Crippen LogP contribution in [-0.2, 0) is 12.8 Å². The van der Waals surface area contributed by atoms with E-state index in [4.69, 9.17) is 0 Å². The summed E-state index contributed by atoms with van der Waals surface area (Å²) in [6.07, 6.45) is 3.29. The number of aryl methyl sites for hydroxylation is 1. The van der Waals surface area contributed by atoms with Gasteiger partial charge in [0.1, 0.15) is 0 Å².